The van der Waals surface area contributed by atoms with E-state index < -0.39 is 9.84 Å². The van der Waals surface area contributed by atoms with Gasteiger partial charge in [0.2, 0.25) is 9.84 Å². The number of benzene rings is 1. The monoisotopic (exact) mass is 304 g/mol. The number of hydrogen-bond acceptors (Lipinski definition) is 3. The summed E-state index contributed by atoms with van der Waals surface area (Å²) >= 11 is 0. The Hall–Kier alpha value is -1.29. The quantitative estimate of drug-likeness (QED) is 0.839. The van der Waals surface area contributed by atoms with Crippen LogP contribution in [-0.2, 0) is 14.6 Å². The summed E-state index contributed by atoms with van der Waals surface area (Å²) in [6.45, 7) is 1.82. The maximum atomic E-state index is 12.9. The molecule has 3 nitrogen and oxygen atoms in total. The molecule has 4 atom stereocenters. The average molecular weight is 304 g/mol. The molecule has 2 fully saturated rings. The van der Waals surface area contributed by atoms with E-state index in [9.17, 15) is 8.42 Å². The van der Waals surface area contributed by atoms with Crippen LogP contribution in [0.25, 0.3) is 0 Å². The molecule has 0 aromatic heterocycles. The van der Waals surface area contributed by atoms with Gasteiger partial charge in [-0.25, -0.2) is 8.42 Å². The Kier molecular flexibility index (Phi) is 2.93. The maximum Gasteiger partial charge on any atom is 0.206 e. The lowest BCUT2D eigenvalue weighted by atomic mass is 9.82. The highest BCUT2D eigenvalue weighted by Gasteiger charge is 2.52. The van der Waals surface area contributed by atoms with Crippen LogP contribution in [0, 0.1) is 17.8 Å². The number of rotatable bonds is 2. The lowest BCUT2D eigenvalue weighted by molar-refractivity contribution is 0.0105. The Morgan fingerprint density at radius 2 is 1.81 bits per heavy atom. The van der Waals surface area contributed by atoms with Gasteiger partial charge in [0.25, 0.3) is 0 Å². The lowest BCUT2D eigenvalue weighted by Crippen LogP contribution is -2.35. The van der Waals surface area contributed by atoms with E-state index in [0.29, 0.717) is 39.7 Å². The molecule has 0 radical (unpaired) electrons. The maximum absolute atomic E-state index is 12.9. The van der Waals surface area contributed by atoms with E-state index in [1.807, 2.05) is 13.0 Å². The van der Waals surface area contributed by atoms with Crippen molar-refractivity contribution in [3.05, 3.63) is 41.0 Å². The van der Waals surface area contributed by atoms with Gasteiger partial charge in [0, 0.05) is 5.92 Å². The van der Waals surface area contributed by atoms with E-state index in [1.54, 1.807) is 24.3 Å². The van der Waals surface area contributed by atoms with Gasteiger partial charge in [0.05, 0.1) is 9.80 Å². The van der Waals surface area contributed by atoms with E-state index in [4.69, 9.17) is 4.74 Å². The van der Waals surface area contributed by atoms with Crippen molar-refractivity contribution in [3.63, 3.8) is 0 Å². The smallest absolute Gasteiger partial charge is 0.206 e. The summed E-state index contributed by atoms with van der Waals surface area (Å²) < 4.78 is 31.8. The van der Waals surface area contributed by atoms with Gasteiger partial charge >= 0.3 is 0 Å². The molecule has 3 aliphatic rings. The van der Waals surface area contributed by atoms with Crippen LogP contribution in [0.3, 0.4) is 0 Å². The summed E-state index contributed by atoms with van der Waals surface area (Å²) in [7, 11) is -3.41. The molecule has 0 amide bonds. The zero-order valence-electron chi connectivity index (χ0n) is 12.2. The highest BCUT2D eigenvalue weighted by Crippen LogP contribution is 2.55. The third-order valence-corrected chi connectivity index (χ3v) is 7.51. The molecule has 1 heterocycles. The third kappa shape index (κ3) is 1.95. The Labute approximate surface area is 125 Å². The van der Waals surface area contributed by atoms with E-state index in [-0.39, 0.29) is 6.10 Å². The second kappa shape index (κ2) is 4.60. The molecule has 2 bridgehead atoms. The average Bonchev–Trinajstić information content (AvgIpc) is 3.09. The second-order valence-electron chi connectivity index (χ2n) is 6.58. The van der Waals surface area contributed by atoms with Crippen molar-refractivity contribution in [2.75, 3.05) is 0 Å². The Bertz CT molecular complexity index is 690. The van der Waals surface area contributed by atoms with Crippen molar-refractivity contribution in [1.29, 1.82) is 0 Å². The summed E-state index contributed by atoms with van der Waals surface area (Å²) in [5.41, 5.74) is 0. The van der Waals surface area contributed by atoms with Crippen LogP contribution >= 0.6 is 0 Å². The first-order chi connectivity index (χ1) is 10.1. The molecule has 0 saturated heterocycles. The summed E-state index contributed by atoms with van der Waals surface area (Å²) in [5, 5.41) is 0. The van der Waals surface area contributed by atoms with Crippen molar-refractivity contribution < 1.29 is 13.2 Å². The SMILES string of the molecule is CC1=C(S(=O)(=O)c2ccccc2)C[C@H]2[C@@H]3CC[C@@H](C3)[C@H]2O1. The predicted octanol–water partition coefficient (Wildman–Crippen LogP) is 3.53. The Morgan fingerprint density at radius 1 is 1.10 bits per heavy atom. The summed E-state index contributed by atoms with van der Waals surface area (Å²) in [6.07, 6.45) is 4.64. The molecule has 2 saturated carbocycles. The van der Waals surface area contributed by atoms with Crippen molar-refractivity contribution >= 4 is 9.84 Å². The van der Waals surface area contributed by atoms with Crippen LogP contribution < -0.4 is 0 Å². The van der Waals surface area contributed by atoms with Crippen LogP contribution in [-0.4, -0.2) is 14.5 Å². The molecule has 0 N–H and O–H groups in total. The van der Waals surface area contributed by atoms with E-state index in [2.05, 4.69) is 0 Å². The topological polar surface area (TPSA) is 43.4 Å². The standard InChI is InChI=1S/C17H20O3S/c1-11-16(21(18,19)14-5-3-2-4-6-14)10-15-12-7-8-13(9-12)17(15)20-11/h2-6,12-13,15,17H,7-10H2,1H3/t12-,13+,15+,17-/m1/s1. The van der Waals surface area contributed by atoms with Crippen molar-refractivity contribution in [1.82, 2.24) is 0 Å². The van der Waals surface area contributed by atoms with Gasteiger partial charge in [-0.15, -0.1) is 0 Å². The van der Waals surface area contributed by atoms with E-state index >= 15 is 0 Å². The second-order valence-corrected chi connectivity index (χ2v) is 8.55. The highest BCUT2D eigenvalue weighted by molar-refractivity contribution is 7.95. The van der Waals surface area contributed by atoms with E-state index in [0.717, 1.165) is 0 Å². The summed E-state index contributed by atoms with van der Waals surface area (Å²) in [6, 6.07) is 8.72. The number of sulfone groups is 1. The van der Waals surface area contributed by atoms with Crippen LogP contribution in [0.5, 0.6) is 0 Å². The van der Waals surface area contributed by atoms with Crippen LogP contribution in [0.2, 0.25) is 0 Å². The fourth-order valence-electron chi connectivity index (χ4n) is 4.49. The number of allylic oxidation sites excluding steroid dienone is 2. The third-order valence-electron chi connectivity index (χ3n) is 5.51. The predicted molar refractivity (Wildman–Crippen MR) is 80.1 cm³/mol. The molecule has 4 rings (SSSR count). The molecular weight excluding hydrogens is 284 g/mol. The number of ether oxygens (including phenoxy) is 1. The highest BCUT2D eigenvalue weighted by atomic mass is 32.2. The van der Waals surface area contributed by atoms with Crippen LogP contribution in [0.15, 0.2) is 45.9 Å². The van der Waals surface area contributed by atoms with Crippen LogP contribution in [0.1, 0.15) is 32.6 Å². The largest absolute Gasteiger partial charge is 0.493 e. The van der Waals surface area contributed by atoms with Crippen LogP contribution in [0.4, 0.5) is 0 Å². The molecule has 4 heteroatoms. The molecule has 1 aromatic carbocycles. The Morgan fingerprint density at radius 3 is 2.57 bits per heavy atom. The fourth-order valence-corrected chi connectivity index (χ4v) is 6.13. The first-order valence-corrected chi connectivity index (χ1v) is 9.22. The molecule has 2 aliphatic carbocycles. The van der Waals surface area contributed by atoms with Gasteiger partial charge in [-0.3, -0.25) is 0 Å². The molecule has 1 aromatic rings. The number of hydrogen-bond donors (Lipinski definition) is 0. The Balaban J connectivity index is 1.72. The minimum atomic E-state index is -3.41. The minimum absolute atomic E-state index is 0.262. The van der Waals surface area contributed by atoms with Crippen molar-refractivity contribution in [3.8, 4) is 0 Å². The van der Waals surface area contributed by atoms with Gasteiger partial charge in [-0.2, -0.15) is 0 Å². The molecule has 21 heavy (non-hydrogen) atoms. The zero-order valence-corrected chi connectivity index (χ0v) is 13.0. The molecule has 0 spiro atoms. The number of fused-ring (bicyclic) bond motifs is 5. The fraction of sp³-hybridized carbons (Fsp3) is 0.529. The molecule has 1 aliphatic heterocycles. The molecule has 112 valence electrons. The first-order valence-electron chi connectivity index (χ1n) is 7.74. The summed E-state index contributed by atoms with van der Waals surface area (Å²) in [5.74, 6) is 2.33. The van der Waals surface area contributed by atoms with Gasteiger partial charge in [-0.1, -0.05) is 18.2 Å². The van der Waals surface area contributed by atoms with Gasteiger partial charge in [0.1, 0.15) is 11.9 Å². The normalized spacial score (nSPS) is 34.7. The van der Waals surface area contributed by atoms with Crippen molar-refractivity contribution in [2.24, 2.45) is 17.8 Å². The minimum Gasteiger partial charge on any atom is -0.493 e. The van der Waals surface area contributed by atoms with Gasteiger partial charge < -0.3 is 4.74 Å². The van der Waals surface area contributed by atoms with Gasteiger partial charge in [-0.05, 0) is 56.6 Å². The first kappa shape index (κ1) is 13.4. The summed E-state index contributed by atoms with van der Waals surface area (Å²) in [4.78, 5) is 0.882. The van der Waals surface area contributed by atoms with Gasteiger partial charge in [0.15, 0.2) is 0 Å². The van der Waals surface area contributed by atoms with Crippen molar-refractivity contribution in [2.45, 2.75) is 43.6 Å². The molecule has 0 unspecified atom stereocenters. The lowest BCUT2D eigenvalue weighted by Gasteiger charge is -2.36. The zero-order chi connectivity index (χ0) is 14.6. The molecular formula is C17H20O3S. The van der Waals surface area contributed by atoms with E-state index in [1.165, 1.54) is 19.3 Å².